The predicted molar refractivity (Wildman–Crippen MR) is 76.6 cm³/mol. The third kappa shape index (κ3) is 5.21. The molecule has 1 aromatic rings. The highest BCUT2D eigenvalue weighted by molar-refractivity contribution is 5.94. The molecule has 21 heavy (non-hydrogen) atoms. The Morgan fingerprint density at radius 3 is 2.48 bits per heavy atom. The minimum atomic E-state index is -4.37. The molecule has 1 heterocycles. The van der Waals surface area contributed by atoms with E-state index in [2.05, 4.69) is 10.6 Å². The Kier molecular flexibility index (Phi) is 6.48. The van der Waals surface area contributed by atoms with Gasteiger partial charge in [-0.1, -0.05) is 0 Å². The topological polar surface area (TPSA) is 41.1 Å². The van der Waals surface area contributed by atoms with Crippen molar-refractivity contribution in [2.75, 3.05) is 19.6 Å². The molecular weight excluding hydrogens is 305 g/mol. The first kappa shape index (κ1) is 17.8. The van der Waals surface area contributed by atoms with Crippen LogP contribution in [0, 0.1) is 5.92 Å². The maximum Gasteiger partial charge on any atom is 0.416 e. The number of rotatable bonds is 4. The first-order valence-electron chi connectivity index (χ1n) is 6.63. The van der Waals surface area contributed by atoms with Gasteiger partial charge in [-0.25, -0.2) is 0 Å². The Hall–Kier alpha value is -1.27. The van der Waals surface area contributed by atoms with Crippen LogP contribution in [0.2, 0.25) is 0 Å². The minimum Gasteiger partial charge on any atom is -0.352 e. The summed E-state index contributed by atoms with van der Waals surface area (Å²) in [6.07, 6.45) is -2.37. The summed E-state index contributed by atoms with van der Waals surface area (Å²) in [5.74, 6) is 0.243. The summed E-state index contributed by atoms with van der Waals surface area (Å²) in [7, 11) is 0. The third-order valence-corrected chi connectivity index (χ3v) is 3.47. The van der Waals surface area contributed by atoms with Gasteiger partial charge in [-0.2, -0.15) is 13.2 Å². The number of alkyl halides is 3. The van der Waals surface area contributed by atoms with Gasteiger partial charge < -0.3 is 10.6 Å². The molecule has 1 aliphatic rings. The van der Waals surface area contributed by atoms with Gasteiger partial charge >= 0.3 is 6.18 Å². The standard InChI is InChI=1S/C14H17F3N2O.ClH/c15-14(16,17)12-3-1-11(2-4-12)13(20)19-8-6-10-5-7-18-9-10;/h1-4,10,18H,5-9H2,(H,19,20);1H. The quantitative estimate of drug-likeness (QED) is 0.895. The third-order valence-electron chi connectivity index (χ3n) is 3.47. The monoisotopic (exact) mass is 322 g/mol. The lowest BCUT2D eigenvalue weighted by atomic mass is 10.1. The number of amides is 1. The lowest BCUT2D eigenvalue weighted by molar-refractivity contribution is -0.137. The highest BCUT2D eigenvalue weighted by atomic mass is 35.5. The van der Waals surface area contributed by atoms with Crippen LogP contribution in [0.3, 0.4) is 0 Å². The van der Waals surface area contributed by atoms with Crippen molar-refractivity contribution in [1.82, 2.24) is 10.6 Å². The zero-order valence-electron chi connectivity index (χ0n) is 11.4. The molecule has 0 aliphatic carbocycles. The van der Waals surface area contributed by atoms with Crippen molar-refractivity contribution in [3.05, 3.63) is 35.4 Å². The molecule has 2 N–H and O–H groups in total. The molecule has 0 radical (unpaired) electrons. The van der Waals surface area contributed by atoms with Gasteiger partial charge in [-0.3, -0.25) is 4.79 Å². The van der Waals surface area contributed by atoms with E-state index >= 15 is 0 Å². The van der Waals surface area contributed by atoms with Gasteiger partial charge in [0.1, 0.15) is 0 Å². The molecule has 1 amide bonds. The smallest absolute Gasteiger partial charge is 0.352 e. The summed E-state index contributed by atoms with van der Waals surface area (Å²) in [6, 6.07) is 4.26. The molecule has 1 aromatic carbocycles. The summed E-state index contributed by atoms with van der Waals surface area (Å²) < 4.78 is 37.2. The number of carbonyl (C=O) groups excluding carboxylic acids is 1. The molecule has 1 saturated heterocycles. The van der Waals surface area contributed by atoms with Crippen molar-refractivity contribution >= 4 is 18.3 Å². The average Bonchev–Trinajstić information content (AvgIpc) is 2.91. The van der Waals surface area contributed by atoms with Crippen LogP contribution < -0.4 is 10.6 Å². The molecule has 0 bridgehead atoms. The van der Waals surface area contributed by atoms with E-state index in [-0.39, 0.29) is 23.9 Å². The van der Waals surface area contributed by atoms with Crippen molar-refractivity contribution in [2.45, 2.75) is 19.0 Å². The van der Waals surface area contributed by atoms with Crippen LogP contribution in [0.4, 0.5) is 13.2 Å². The van der Waals surface area contributed by atoms with Crippen molar-refractivity contribution in [3.8, 4) is 0 Å². The fourth-order valence-corrected chi connectivity index (χ4v) is 2.26. The number of benzene rings is 1. The van der Waals surface area contributed by atoms with Crippen molar-refractivity contribution in [3.63, 3.8) is 0 Å². The molecule has 1 unspecified atom stereocenters. The van der Waals surface area contributed by atoms with E-state index in [4.69, 9.17) is 0 Å². The van der Waals surface area contributed by atoms with E-state index in [9.17, 15) is 18.0 Å². The molecule has 1 atom stereocenters. The Bertz CT molecular complexity index is 456. The first-order chi connectivity index (χ1) is 9.47. The fourth-order valence-electron chi connectivity index (χ4n) is 2.26. The van der Waals surface area contributed by atoms with E-state index in [1.807, 2.05) is 0 Å². The van der Waals surface area contributed by atoms with Crippen molar-refractivity contribution in [1.29, 1.82) is 0 Å². The minimum absolute atomic E-state index is 0. The van der Waals surface area contributed by atoms with Crippen molar-refractivity contribution in [2.24, 2.45) is 5.92 Å². The Morgan fingerprint density at radius 2 is 1.95 bits per heavy atom. The second-order valence-corrected chi connectivity index (χ2v) is 4.98. The highest BCUT2D eigenvalue weighted by Gasteiger charge is 2.30. The SMILES string of the molecule is Cl.O=C(NCCC1CCNC1)c1ccc(C(F)(F)F)cc1. The van der Waals surface area contributed by atoms with Crippen LogP contribution in [0.25, 0.3) is 0 Å². The second kappa shape index (κ2) is 7.66. The lowest BCUT2D eigenvalue weighted by Gasteiger charge is -2.10. The summed E-state index contributed by atoms with van der Waals surface area (Å²) in [5.41, 5.74) is -0.492. The van der Waals surface area contributed by atoms with Gasteiger partial charge in [0.2, 0.25) is 0 Å². The average molecular weight is 323 g/mol. The molecule has 3 nitrogen and oxygen atoms in total. The van der Waals surface area contributed by atoms with Crippen LogP contribution in [-0.4, -0.2) is 25.5 Å². The maximum atomic E-state index is 12.4. The molecule has 118 valence electrons. The summed E-state index contributed by atoms with van der Waals surface area (Å²) in [5, 5.41) is 5.98. The predicted octanol–water partition coefficient (Wildman–Crippen LogP) is 2.86. The van der Waals surface area contributed by atoms with Crippen LogP contribution in [0.1, 0.15) is 28.8 Å². The number of nitrogens with one attached hydrogen (secondary N) is 2. The second-order valence-electron chi connectivity index (χ2n) is 4.98. The summed E-state index contributed by atoms with van der Waals surface area (Å²) >= 11 is 0. The van der Waals surface area contributed by atoms with Gasteiger partial charge in [-0.15, -0.1) is 12.4 Å². The number of halogens is 4. The molecule has 1 aliphatic heterocycles. The number of hydrogen-bond donors (Lipinski definition) is 2. The molecule has 1 fully saturated rings. The molecule has 2 rings (SSSR count). The molecule has 0 saturated carbocycles. The summed E-state index contributed by atoms with van der Waals surface area (Å²) in [4.78, 5) is 11.8. The zero-order chi connectivity index (χ0) is 14.6. The van der Waals surface area contributed by atoms with Gasteiger partial charge in [0, 0.05) is 12.1 Å². The fraction of sp³-hybridized carbons (Fsp3) is 0.500. The molecule has 0 aromatic heterocycles. The normalized spacial score (nSPS) is 18.1. The van der Waals surface area contributed by atoms with E-state index < -0.39 is 11.7 Å². The Labute approximate surface area is 127 Å². The van der Waals surface area contributed by atoms with Crippen LogP contribution in [0.5, 0.6) is 0 Å². The van der Waals surface area contributed by atoms with Crippen molar-refractivity contribution < 1.29 is 18.0 Å². The van der Waals surface area contributed by atoms with Crippen LogP contribution in [-0.2, 0) is 6.18 Å². The molecule has 7 heteroatoms. The zero-order valence-corrected chi connectivity index (χ0v) is 12.2. The maximum absolute atomic E-state index is 12.4. The summed E-state index contributed by atoms with van der Waals surface area (Å²) in [6.45, 7) is 2.53. The van der Waals surface area contributed by atoms with Gasteiger partial charge in [0.25, 0.3) is 5.91 Å². The number of hydrogen-bond acceptors (Lipinski definition) is 2. The van der Waals surface area contributed by atoms with E-state index in [1.165, 1.54) is 12.1 Å². The molecule has 0 spiro atoms. The van der Waals surface area contributed by atoms with E-state index in [1.54, 1.807) is 0 Å². The molecular formula is C14H18ClF3N2O. The van der Waals surface area contributed by atoms with Gasteiger partial charge in [0.15, 0.2) is 0 Å². The highest BCUT2D eigenvalue weighted by Crippen LogP contribution is 2.29. The first-order valence-corrected chi connectivity index (χ1v) is 6.63. The van der Waals surface area contributed by atoms with Crippen LogP contribution >= 0.6 is 12.4 Å². The Morgan fingerprint density at radius 1 is 1.29 bits per heavy atom. The van der Waals surface area contributed by atoms with E-state index in [0.717, 1.165) is 38.1 Å². The van der Waals surface area contributed by atoms with Gasteiger partial charge in [-0.05, 0) is 56.1 Å². The van der Waals surface area contributed by atoms with E-state index in [0.29, 0.717) is 12.5 Å². The number of carbonyl (C=O) groups is 1. The van der Waals surface area contributed by atoms with Gasteiger partial charge in [0.05, 0.1) is 5.56 Å². The lowest BCUT2D eigenvalue weighted by Crippen LogP contribution is -2.26. The van der Waals surface area contributed by atoms with Crippen LogP contribution in [0.15, 0.2) is 24.3 Å². The largest absolute Gasteiger partial charge is 0.416 e. The Balaban J connectivity index is 0.00000220.